The van der Waals surface area contributed by atoms with Gasteiger partial charge < -0.3 is 4.98 Å². The van der Waals surface area contributed by atoms with E-state index in [0.717, 1.165) is 0 Å². The molecule has 0 aliphatic heterocycles. The molecule has 0 bridgehead atoms. The third-order valence-electron chi connectivity index (χ3n) is 2.61. The molecule has 82 valence electrons. The van der Waals surface area contributed by atoms with Crippen molar-refractivity contribution in [3.63, 3.8) is 0 Å². The number of halogens is 1. The molecule has 0 amide bonds. The zero-order chi connectivity index (χ0) is 11.7. The molecule has 0 atom stereocenters. The SMILES string of the molecule is Cc1c(F)cccc1-c1nc[nH]c(=O)c1C. The lowest BCUT2D eigenvalue weighted by Gasteiger charge is -2.07. The summed E-state index contributed by atoms with van der Waals surface area (Å²) < 4.78 is 13.4. The first kappa shape index (κ1) is 10.5. The molecule has 0 radical (unpaired) electrons. The fourth-order valence-corrected chi connectivity index (χ4v) is 1.60. The van der Waals surface area contributed by atoms with Crippen LogP contribution in [0, 0.1) is 19.7 Å². The number of aromatic nitrogens is 2. The van der Waals surface area contributed by atoms with Crippen LogP contribution in [-0.2, 0) is 0 Å². The zero-order valence-electron chi connectivity index (χ0n) is 9.04. The van der Waals surface area contributed by atoms with E-state index < -0.39 is 0 Å². The van der Waals surface area contributed by atoms with Crippen LogP contribution in [0.25, 0.3) is 11.3 Å². The molecule has 0 aliphatic rings. The van der Waals surface area contributed by atoms with E-state index in [9.17, 15) is 9.18 Å². The Morgan fingerprint density at radius 2 is 2.00 bits per heavy atom. The van der Waals surface area contributed by atoms with Crippen LogP contribution in [-0.4, -0.2) is 9.97 Å². The average molecular weight is 218 g/mol. The Balaban J connectivity index is 2.73. The van der Waals surface area contributed by atoms with E-state index >= 15 is 0 Å². The molecular formula is C12H11FN2O. The largest absolute Gasteiger partial charge is 0.313 e. The highest BCUT2D eigenvalue weighted by molar-refractivity contribution is 5.65. The van der Waals surface area contributed by atoms with Gasteiger partial charge in [0.1, 0.15) is 5.82 Å². The first-order valence-corrected chi connectivity index (χ1v) is 4.91. The Bertz CT molecular complexity index is 590. The third kappa shape index (κ3) is 1.62. The fourth-order valence-electron chi connectivity index (χ4n) is 1.60. The summed E-state index contributed by atoms with van der Waals surface area (Å²) in [5.74, 6) is -0.293. The minimum atomic E-state index is -0.293. The van der Waals surface area contributed by atoms with Crippen molar-refractivity contribution < 1.29 is 4.39 Å². The van der Waals surface area contributed by atoms with Crippen LogP contribution in [0.2, 0.25) is 0 Å². The van der Waals surface area contributed by atoms with Crippen LogP contribution in [0.5, 0.6) is 0 Å². The summed E-state index contributed by atoms with van der Waals surface area (Å²) in [6.07, 6.45) is 1.33. The van der Waals surface area contributed by atoms with Gasteiger partial charge in [0.2, 0.25) is 0 Å². The summed E-state index contributed by atoms with van der Waals surface area (Å²) in [6, 6.07) is 4.76. The molecular weight excluding hydrogens is 207 g/mol. The molecule has 4 heteroatoms. The average Bonchev–Trinajstić information content (AvgIpc) is 2.27. The molecule has 3 nitrogen and oxygen atoms in total. The molecule has 0 saturated carbocycles. The quantitative estimate of drug-likeness (QED) is 0.797. The topological polar surface area (TPSA) is 45.8 Å². The van der Waals surface area contributed by atoms with Crippen molar-refractivity contribution in [3.8, 4) is 11.3 Å². The molecule has 0 aliphatic carbocycles. The number of H-pyrrole nitrogens is 1. The molecule has 1 aromatic heterocycles. The second-order valence-electron chi connectivity index (χ2n) is 3.62. The normalized spacial score (nSPS) is 10.4. The molecule has 1 heterocycles. The molecule has 0 unspecified atom stereocenters. The Hall–Kier alpha value is -1.97. The van der Waals surface area contributed by atoms with Gasteiger partial charge in [0.25, 0.3) is 5.56 Å². The van der Waals surface area contributed by atoms with Gasteiger partial charge in [0.15, 0.2) is 0 Å². The van der Waals surface area contributed by atoms with Gasteiger partial charge in [-0.15, -0.1) is 0 Å². The van der Waals surface area contributed by atoms with Crippen molar-refractivity contribution in [2.24, 2.45) is 0 Å². The standard InChI is InChI=1S/C12H11FN2O/c1-7-9(4-3-5-10(7)13)11-8(2)12(16)15-6-14-11/h3-6H,1-2H3,(H,14,15,16). The Morgan fingerprint density at radius 3 is 2.75 bits per heavy atom. The molecule has 2 rings (SSSR count). The number of benzene rings is 1. The van der Waals surface area contributed by atoms with Gasteiger partial charge >= 0.3 is 0 Å². The van der Waals surface area contributed by atoms with Crippen LogP contribution in [0.1, 0.15) is 11.1 Å². The summed E-state index contributed by atoms with van der Waals surface area (Å²) >= 11 is 0. The van der Waals surface area contributed by atoms with E-state index in [2.05, 4.69) is 9.97 Å². The first-order chi connectivity index (χ1) is 7.61. The van der Waals surface area contributed by atoms with Crippen molar-refractivity contribution in [3.05, 3.63) is 51.8 Å². The van der Waals surface area contributed by atoms with Gasteiger partial charge in [-0.25, -0.2) is 9.37 Å². The molecule has 0 spiro atoms. The maximum absolute atomic E-state index is 13.4. The molecule has 1 N–H and O–H groups in total. The maximum Gasteiger partial charge on any atom is 0.254 e. The summed E-state index contributed by atoms with van der Waals surface area (Å²) in [6.45, 7) is 3.35. The minimum Gasteiger partial charge on any atom is -0.313 e. The lowest BCUT2D eigenvalue weighted by Crippen LogP contribution is -2.11. The van der Waals surface area contributed by atoms with Crippen molar-refractivity contribution >= 4 is 0 Å². The summed E-state index contributed by atoms with van der Waals surface area (Å²) in [5.41, 5.74) is 1.98. The Morgan fingerprint density at radius 1 is 1.25 bits per heavy atom. The van der Waals surface area contributed by atoms with Gasteiger partial charge in [-0.1, -0.05) is 12.1 Å². The van der Waals surface area contributed by atoms with Crippen LogP contribution < -0.4 is 5.56 Å². The number of rotatable bonds is 1. The van der Waals surface area contributed by atoms with Crippen molar-refractivity contribution in [2.75, 3.05) is 0 Å². The van der Waals surface area contributed by atoms with Crippen molar-refractivity contribution in [1.82, 2.24) is 9.97 Å². The van der Waals surface area contributed by atoms with Gasteiger partial charge in [-0.05, 0) is 25.5 Å². The van der Waals surface area contributed by atoms with E-state index in [1.807, 2.05) is 0 Å². The molecule has 2 aromatic rings. The highest BCUT2D eigenvalue weighted by atomic mass is 19.1. The highest BCUT2D eigenvalue weighted by Gasteiger charge is 2.10. The predicted molar refractivity (Wildman–Crippen MR) is 59.7 cm³/mol. The number of nitrogens with zero attached hydrogens (tertiary/aromatic N) is 1. The van der Waals surface area contributed by atoms with E-state index in [0.29, 0.717) is 22.4 Å². The van der Waals surface area contributed by atoms with Crippen molar-refractivity contribution in [1.29, 1.82) is 0 Å². The van der Waals surface area contributed by atoms with Crippen LogP contribution in [0.4, 0.5) is 4.39 Å². The van der Waals surface area contributed by atoms with Gasteiger partial charge in [-0.3, -0.25) is 4.79 Å². The first-order valence-electron chi connectivity index (χ1n) is 4.91. The van der Waals surface area contributed by atoms with Gasteiger partial charge in [-0.2, -0.15) is 0 Å². The lowest BCUT2D eigenvalue weighted by atomic mass is 10.0. The Labute approximate surface area is 92.0 Å². The number of hydrogen-bond donors (Lipinski definition) is 1. The van der Waals surface area contributed by atoms with E-state index in [-0.39, 0.29) is 11.4 Å². The number of aromatic amines is 1. The minimum absolute atomic E-state index is 0.200. The van der Waals surface area contributed by atoms with Gasteiger partial charge in [0, 0.05) is 11.1 Å². The second-order valence-corrected chi connectivity index (χ2v) is 3.62. The van der Waals surface area contributed by atoms with Crippen LogP contribution >= 0.6 is 0 Å². The number of hydrogen-bond acceptors (Lipinski definition) is 2. The number of nitrogens with one attached hydrogen (secondary N) is 1. The van der Waals surface area contributed by atoms with Crippen LogP contribution in [0.3, 0.4) is 0 Å². The molecule has 16 heavy (non-hydrogen) atoms. The van der Waals surface area contributed by atoms with Crippen molar-refractivity contribution in [2.45, 2.75) is 13.8 Å². The molecule has 1 aromatic carbocycles. The third-order valence-corrected chi connectivity index (χ3v) is 2.61. The van der Waals surface area contributed by atoms with E-state index in [1.54, 1.807) is 26.0 Å². The smallest absolute Gasteiger partial charge is 0.254 e. The Kier molecular flexibility index (Phi) is 2.56. The maximum atomic E-state index is 13.4. The van der Waals surface area contributed by atoms with Gasteiger partial charge in [0.05, 0.1) is 12.0 Å². The summed E-state index contributed by atoms with van der Waals surface area (Å²) in [7, 11) is 0. The fraction of sp³-hybridized carbons (Fsp3) is 0.167. The zero-order valence-corrected chi connectivity index (χ0v) is 9.04. The highest BCUT2D eigenvalue weighted by Crippen LogP contribution is 2.23. The second kappa shape index (κ2) is 3.89. The summed E-state index contributed by atoms with van der Waals surface area (Å²) in [4.78, 5) is 18.0. The predicted octanol–water partition coefficient (Wildman–Crippen LogP) is 2.19. The van der Waals surface area contributed by atoms with E-state index in [4.69, 9.17) is 0 Å². The molecule has 0 fully saturated rings. The monoisotopic (exact) mass is 218 g/mol. The molecule has 0 saturated heterocycles. The van der Waals surface area contributed by atoms with Crippen LogP contribution in [0.15, 0.2) is 29.3 Å². The van der Waals surface area contributed by atoms with E-state index in [1.165, 1.54) is 12.4 Å². The lowest BCUT2D eigenvalue weighted by molar-refractivity contribution is 0.619. The summed E-state index contributed by atoms with van der Waals surface area (Å²) in [5, 5.41) is 0.